The van der Waals surface area contributed by atoms with Gasteiger partial charge in [0, 0.05) is 27.1 Å². The van der Waals surface area contributed by atoms with Crippen LogP contribution in [-0.4, -0.2) is 20.6 Å². The van der Waals surface area contributed by atoms with Gasteiger partial charge in [0.2, 0.25) is 5.82 Å². The summed E-state index contributed by atoms with van der Waals surface area (Å²) in [4.78, 5) is 0. The summed E-state index contributed by atoms with van der Waals surface area (Å²) in [5.74, 6) is 0.967. The van der Waals surface area contributed by atoms with Crippen molar-refractivity contribution in [1.82, 2.24) is 20.6 Å². The number of fused-ring (bicyclic) bond motifs is 1. The number of furan rings is 1. The van der Waals surface area contributed by atoms with E-state index in [0.717, 1.165) is 39.5 Å². The number of tetrazole rings is 1. The predicted molar refractivity (Wildman–Crippen MR) is 110 cm³/mol. The van der Waals surface area contributed by atoms with Crippen LogP contribution >= 0.6 is 27.5 Å². The number of benzene rings is 2. The van der Waals surface area contributed by atoms with Crippen LogP contribution in [0.15, 0.2) is 45.3 Å². The van der Waals surface area contributed by atoms with Gasteiger partial charge in [0.25, 0.3) is 0 Å². The van der Waals surface area contributed by atoms with Crippen LogP contribution in [0.3, 0.4) is 0 Å². The highest BCUT2D eigenvalue weighted by molar-refractivity contribution is 9.10. The molecule has 0 aliphatic rings. The van der Waals surface area contributed by atoms with Gasteiger partial charge in [-0.3, -0.25) is 0 Å². The highest BCUT2D eigenvalue weighted by Crippen LogP contribution is 2.31. The highest BCUT2D eigenvalue weighted by atomic mass is 79.9. The third-order valence-corrected chi connectivity index (χ3v) is 5.40. The summed E-state index contributed by atoms with van der Waals surface area (Å²) < 4.78 is 6.96. The fourth-order valence-electron chi connectivity index (χ4n) is 2.94. The second-order valence-electron chi connectivity index (χ2n) is 6.24. The molecule has 0 aliphatic heterocycles. The molecule has 0 spiro atoms. The molecule has 0 bridgehead atoms. The molecule has 0 radical (unpaired) electrons. The highest BCUT2D eigenvalue weighted by Gasteiger charge is 2.13. The Labute approximate surface area is 169 Å². The molecule has 0 atom stereocenters. The van der Waals surface area contributed by atoms with Crippen LogP contribution in [0.4, 0.5) is 5.69 Å². The van der Waals surface area contributed by atoms with Crippen molar-refractivity contribution in [1.29, 1.82) is 0 Å². The van der Waals surface area contributed by atoms with Crippen LogP contribution in [0.1, 0.15) is 24.5 Å². The van der Waals surface area contributed by atoms with Crippen molar-refractivity contribution >= 4 is 44.2 Å². The first-order chi connectivity index (χ1) is 13.1. The van der Waals surface area contributed by atoms with Gasteiger partial charge in [-0.05, 0) is 53.1 Å². The number of nitrogens with one attached hydrogen (secondary N) is 2. The molecule has 2 heterocycles. The van der Waals surface area contributed by atoms with Gasteiger partial charge in [0.1, 0.15) is 5.58 Å². The fourth-order valence-corrected chi connectivity index (χ4v) is 3.76. The molecule has 0 saturated carbocycles. The number of H-pyrrole nitrogens is 1. The molecule has 27 heavy (non-hydrogen) atoms. The first kappa shape index (κ1) is 18.0. The largest absolute Gasteiger partial charge is 0.453 e. The zero-order valence-electron chi connectivity index (χ0n) is 14.6. The molecule has 8 heteroatoms. The third kappa shape index (κ3) is 3.84. The monoisotopic (exact) mass is 445 g/mol. The maximum atomic E-state index is 6.46. The van der Waals surface area contributed by atoms with E-state index < -0.39 is 0 Å². The van der Waals surface area contributed by atoms with Crippen molar-refractivity contribution in [2.24, 2.45) is 0 Å². The Kier molecular flexibility index (Phi) is 5.13. The average molecular weight is 447 g/mol. The van der Waals surface area contributed by atoms with Crippen molar-refractivity contribution < 1.29 is 4.42 Å². The molecule has 2 N–H and O–H groups in total. The summed E-state index contributed by atoms with van der Waals surface area (Å²) in [7, 11) is 0. The quantitative estimate of drug-likeness (QED) is 0.403. The normalized spacial score (nSPS) is 11.2. The van der Waals surface area contributed by atoms with Crippen LogP contribution in [0.25, 0.3) is 22.6 Å². The van der Waals surface area contributed by atoms with Crippen molar-refractivity contribution in [2.75, 3.05) is 5.32 Å². The second-order valence-corrected chi connectivity index (χ2v) is 7.50. The number of aryl methyl sites for hydroxylation is 1. The van der Waals surface area contributed by atoms with Gasteiger partial charge in [-0.2, -0.15) is 5.21 Å². The van der Waals surface area contributed by atoms with Crippen molar-refractivity contribution in [2.45, 2.75) is 26.3 Å². The van der Waals surface area contributed by atoms with Crippen molar-refractivity contribution in [3.8, 4) is 11.6 Å². The molecule has 4 aromatic rings. The minimum Gasteiger partial charge on any atom is -0.453 e. The van der Waals surface area contributed by atoms with E-state index in [-0.39, 0.29) is 0 Å². The Bertz CT molecular complexity index is 1080. The Hall–Kier alpha value is -2.38. The van der Waals surface area contributed by atoms with E-state index >= 15 is 0 Å². The Balaban J connectivity index is 1.55. The van der Waals surface area contributed by atoms with E-state index in [0.29, 0.717) is 23.2 Å². The number of halogens is 2. The lowest BCUT2D eigenvalue weighted by atomic mass is 10.1. The molecule has 4 rings (SSSR count). The van der Waals surface area contributed by atoms with E-state index in [9.17, 15) is 0 Å². The van der Waals surface area contributed by atoms with E-state index in [2.05, 4.69) is 67.0 Å². The molecular formula is C19H17BrClN5O. The van der Waals surface area contributed by atoms with Gasteiger partial charge in [-0.1, -0.05) is 46.9 Å². The third-order valence-electron chi connectivity index (χ3n) is 4.31. The van der Waals surface area contributed by atoms with Crippen LogP contribution in [0.2, 0.25) is 5.02 Å². The summed E-state index contributed by atoms with van der Waals surface area (Å²) >= 11 is 10.1. The fraction of sp³-hybridized carbons (Fsp3) is 0.211. The lowest BCUT2D eigenvalue weighted by Crippen LogP contribution is -2.00. The lowest BCUT2D eigenvalue weighted by Gasteiger charge is -2.10. The first-order valence-corrected chi connectivity index (χ1v) is 9.79. The summed E-state index contributed by atoms with van der Waals surface area (Å²) in [5, 5.41) is 18.8. The van der Waals surface area contributed by atoms with Crippen LogP contribution < -0.4 is 5.32 Å². The molecule has 6 nitrogen and oxygen atoms in total. The zero-order chi connectivity index (χ0) is 18.8. The topological polar surface area (TPSA) is 79.6 Å². The molecule has 0 fully saturated rings. The van der Waals surface area contributed by atoms with Gasteiger partial charge in [0.05, 0.1) is 0 Å². The summed E-state index contributed by atoms with van der Waals surface area (Å²) in [6.45, 7) is 2.77. The molecule has 0 unspecified atom stereocenters. The molecule has 0 saturated heterocycles. The van der Waals surface area contributed by atoms with Gasteiger partial charge in [0.15, 0.2) is 5.76 Å². The number of hydrogen-bond donors (Lipinski definition) is 2. The molecule has 138 valence electrons. The molecule has 2 aromatic carbocycles. The molecule has 0 aliphatic carbocycles. The van der Waals surface area contributed by atoms with Crippen molar-refractivity contribution in [3.63, 3.8) is 0 Å². The van der Waals surface area contributed by atoms with Gasteiger partial charge in [-0.15, -0.1) is 10.2 Å². The summed E-state index contributed by atoms with van der Waals surface area (Å²) in [6, 6.07) is 12.0. The predicted octanol–water partition coefficient (Wildman–Crippen LogP) is 5.59. The molecule has 0 amide bonds. The number of rotatable bonds is 6. The Morgan fingerprint density at radius 1 is 1.19 bits per heavy atom. The first-order valence-electron chi connectivity index (χ1n) is 8.62. The van der Waals surface area contributed by atoms with E-state index in [4.69, 9.17) is 16.0 Å². The summed E-state index contributed by atoms with van der Waals surface area (Å²) in [5.41, 5.74) is 4.03. The van der Waals surface area contributed by atoms with E-state index in [1.165, 1.54) is 5.56 Å². The van der Waals surface area contributed by atoms with Crippen molar-refractivity contribution in [3.05, 3.63) is 57.0 Å². The van der Waals surface area contributed by atoms with E-state index in [1.807, 2.05) is 18.2 Å². The Morgan fingerprint density at radius 3 is 2.81 bits per heavy atom. The number of hydrogen-bond acceptors (Lipinski definition) is 5. The smallest absolute Gasteiger partial charge is 0.239 e. The number of nitrogens with zero attached hydrogens (tertiary/aromatic N) is 3. The second kappa shape index (κ2) is 7.70. The maximum Gasteiger partial charge on any atom is 0.239 e. The van der Waals surface area contributed by atoms with Gasteiger partial charge < -0.3 is 9.73 Å². The summed E-state index contributed by atoms with van der Waals surface area (Å²) in [6.07, 6.45) is 2.18. The number of aromatic nitrogens is 4. The van der Waals surface area contributed by atoms with Crippen LogP contribution in [0, 0.1) is 0 Å². The van der Waals surface area contributed by atoms with E-state index in [1.54, 1.807) is 0 Å². The minimum absolute atomic E-state index is 0.416. The zero-order valence-corrected chi connectivity index (χ0v) is 16.9. The maximum absolute atomic E-state index is 6.46. The minimum atomic E-state index is 0.416. The van der Waals surface area contributed by atoms with Crippen LogP contribution in [0.5, 0.6) is 0 Å². The number of anilines is 1. The standard InChI is InChI=1S/C19H17BrClN5O/c1-2-3-11-4-5-14(9-15(11)20)22-10-13-8-17-12(6-16(13)21)7-18(27-17)19-23-25-26-24-19/h4-9,22H,2-3,10H2,1H3,(H,23,24,25,26). The molecule has 2 aromatic heterocycles. The lowest BCUT2D eigenvalue weighted by molar-refractivity contribution is 0.625. The molecular weight excluding hydrogens is 430 g/mol. The van der Waals surface area contributed by atoms with Crippen LogP contribution in [-0.2, 0) is 13.0 Å². The average Bonchev–Trinajstić information content (AvgIpc) is 3.31. The van der Waals surface area contributed by atoms with Gasteiger partial charge in [-0.25, -0.2) is 0 Å². The number of aromatic amines is 1. The van der Waals surface area contributed by atoms with Gasteiger partial charge >= 0.3 is 0 Å². The SMILES string of the molecule is CCCc1ccc(NCc2cc3oc(-c4nn[nH]n4)cc3cc2Cl)cc1Br. The Morgan fingerprint density at radius 2 is 2.07 bits per heavy atom.